The van der Waals surface area contributed by atoms with Gasteiger partial charge in [-0.2, -0.15) is 5.10 Å². The summed E-state index contributed by atoms with van der Waals surface area (Å²) < 4.78 is 1.67. The molecule has 2 N–H and O–H groups in total. The molecule has 0 atom stereocenters. The van der Waals surface area contributed by atoms with E-state index in [1.807, 2.05) is 39.0 Å². The second kappa shape index (κ2) is 8.45. The molecule has 3 amide bonds. The van der Waals surface area contributed by atoms with E-state index < -0.39 is 0 Å². The molecule has 7 nitrogen and oxygen atoms in total. The molecule has 0 radical (unpaired) electrons. The first-order valence-electron chi connectivity index (χ1n) is 9.46. The molecule has 0 fully saturated rings. The monoisotopic (exact) mass is 419 g/mol. The number of aromatic nitrogens is 2. The highest BCUT2D eigenvalue weighted by Crippen LogP contribution is 2.26. The van der Waals surface area contributed by atoms with E-state index in [2.05, 4.69) is 36.5 Å². The molecule has 0 spiro atoms. The van der Waals surface area contributed by atoms with Crippen molar-refractivity contribution in [3.63, 3.8) is 0 Å². The van der Waals surface area contributed by atoms with Gasteiger partial charge in [-0.15, -0.1) is 0 Å². The third-order valence-electron chi connectivity index (χ3n) is 4.03. The van der Waals surface area contributed by atoms with Crippen molar-refractivity contribution in [1.29, 1.82) is 0 Å². The molecule has 2 aromatic rings. The van der Waals surface area contributed by atoms with Gasteiger partial charge in [0.05, 0.1) is 11.4 Å². The van der Waals surface area contributed by atoms with Gasteiger partial charge in [0, 0.05) is 29.1 Å². The van der Waals surface area contributed by atoms with E-state index in [9.17, 15) is 9.59 Å². The number of anilines is 1. The first-order chi connectivity index (χ1) is 13.3. The quantitative estimate of drug-likeness (QED) is 0.779. The van der Waals surface area contributed by atoms with Crippen molar-refractivity contribution >= 4 is 29.4 Å². The summed E-state index contributed by atoms with van der Waals surface area (Å²) in [7, 11) is 1.58. The summed E-state index contributed by atoms with van der Waals surface area (Å²) in [6.45, 7) is 11.7. The van der Waals surface area contributed by atoms with E-state index in [-0.39, 0.29) is 29.4 Å². The zero-order valence-corrected chi connectivity index (χ0v) is 18.9. The highest BCUT2D eigenvalue weighted by atomic mass is 35.5. The SMILES string of the molecule is CN(CC(=O)Nc1cc(C(C)(C)C)nn1-c1ccc(Cl)cc1)C(=O)NC(C)(C)C. The minimum atomic E-state index is -0.378. The van der Waals surface area contributed by atoms with Gasteiger partial charge in [0.1, 0.15) is 12.4 Å². The number of carbonyl (C=O) groups is 2. The normalized spacial score (nSPS) is 11.9. The van der Waals surface area contributed by atoms with Crippen LogP contribution in [0.1, 0.15) is 47.2 Å². The molecular formula is C21H30ClN5O2. The van der Waals surface area contributed by atoms with Crippen LogP contribution in [0.5, 0.6) is 0 Å². The Morgan fingerprint density at radius 2 is 1.69 bits per heavy atom. The Kier molecular flexibility index (Phi) is 6.63. The van der Waals surface area contributed by atoms with Crippen LogP contribution in [0, 0.1) is 0 Å². The Labute approximate surface area is 177 Å². The van der Waals surface area contributed by atoms with E-state index in [4.69, 9.17) is 11.6 Å². The van der Waals surface area contributed by atoms with Crippen molar-refractivity contribution in [2.75, 3.05) is 18.9 Å². The molecule has 0 aliphatic heterocycles. The summed E-state index contributed by atoms with van der Waals surface area (Å²) in [5, 5.41) is 11.0. The largest absolute Gasteiger partial charge is 0.333 e. The van der Waals surface area contributed by atoms with Crippen molar-refractivity contribution in [3.05, 3.63) is 41.0 Å². The van der Waals surface area contributed by atoms with Gasteiger partial charge in [0.25, 0.3) is 0 Å². The van der Waals surface area contributed by atoms with Crippen LogP contribution < -0.4 is 10.6 Å². The Bertz CT molecular complexity index is 876. The van der Waals surface area contributed by atoms with Crippen LogP contribution in [0.25, 0.3) is 5.69 Å². The van der Waals surface area contributed by atoms with Crippen LogP contribution in [-0.4, -0.2) is 45.8 Å². The zero-order valence-electron chi connectivity index (χ0n) is 18.1. The molecule has 1 aromatic heterocycles. The predicted molar refractivity (Wildman–Crippen MR) is 117 cm³/mol. The van der Waals surface area contributed by atoms with Crippen LogP contribution in [0.2, 0.25) is 5.02 Å². The predicted octanol–water partition coefficient (Wildman–Crippen LogP) is 4.20. The average Bonchev–Trinajstić information content (AvgIpc) is 2.97. The Balaban J connectivity index is 2.22. The maximum Gasteiger partial charge on any atom is 0.318 e. The molecule has 158 valence electrons. The van der Waals surface area contributed by atoms with Gasteiger partial charge in [-0.05, 0) is 45.0 Å². The molecule has 0 bridgehead atoms. The first kappa shape index (κ1) is 22.7. The maximum atomic E-state index is 12.6. The van der Waals surface area contributed by atoms with Crippen LogP contribution in [0.3, 0.4) is 0 Å². The molecule has 0 aliphatic rings. The molecule has 0 unspecified atom stereocenters. The van der Waals surface area contributed by atoms with Gasteiger partial charge in [-0.1, -0.05) is 32.4 Å². The summed E-state index contributed by atoms with van der Waals surface area (Å²) >= 11 is 5.99. The van der Waals surface area contributed by atoms with E-state index in [1.165, 1.54) is 4.90 Å². The van der Waals surface area contributed by atoms with Crippen molar-refractivity contribution < 1.29 is 9.59 Å². The highest BCUT2D eigenvalue weighted by Gasteiger charge is 2.23. The second-order valence-corrected chi connectivity index (χ2v) is 9.57. The van der Waals surface area contributed by atoms with Crippen molar-refractivity contribution in [3.8, 4) is 5.69 Å². The van der Waals surface area contributed by atoms with Gasteiger partial charge in [0.2, 0.25) is 5.91 Å². The standard InChI is InChI=1S/C21H30ClN5O2/c1-20(2,3)16-12-17(27(25-16)15-10-8-14(22)9-11-15)23-18(28)13-26(7)19(29)24-21(4,5)6/h8-12H,13H2,1-7H3,(H,23,28)(H,24,29). The van der Waals surface area contributed by atoms with Gasteiger partial charge in [-0.25, -0.2) is 9.48 Å². The summed E-state index contributed by atoms with van der Waals surface area (Å²) in [4.78, 5) is 26.1. The molecular weight excluding hydrogens is 390 g/mol. The van der Waals surface area contributed by atoms with Gasteiger partial charge in [-0.3, -0.25) is 4.79 Å². The highest BCUT2D eigenvalue weighted by molar-refractivity contribution is 6.30. The minimum Gasteiger partial charge on any atom is -0.333 e. The van der Waals surface area contributed by atoms with Crippen LogP contribution >= 0.6 is 11.6 Å². The van der Waals surface area contributed by atoms with E-state index in [0.717, 1.165) is 11.4 Å². The second-order valence-electron chi connectivity index (χ2n) is 9.14. The molecule has 8 heteroatoms. The van der Waals surface area contributed by atoms with Crippen molar-refractivity contribution in [2.24, 2.45) is 0 Å². The molecule has 2 rings (SSSR count). The summed E-state index contributed by atoms with van der Waals surface area (Å²) in [6.07, 6.45) is 0. The zero-order chi connectivity index (χ0) is 22.0. The number of likely N-dealkylation sites (N-methyl/N-ethyl adjacent to an activating group) is 1. The number of rotatable bonds is 4. The molecule has 1 aromatic carbocycles. The smallest absolute Gasteiger partial charge is 0.318 e. The van der Waals surface area contributed by atoms with Crippen molar-refractivity contribution in [1.82, 2.24) is 20.0 Å². The Morgan fingerprint density at radius 3 is 2.21 bits per heavy atom. The maximum absolute atomic E-state index is 12.6. The fraction of sp³-hybridized carbons (Fsp3) is 0.476. The molecule has 0 saturated carbocycles. The van der Waals surface area contributed by atoms with Gasteiger partial charge in [0.15, 0.2) is 0 Å². The topological polar surface area (TPSA) is 79.3 Å². The Morgan fingerprint density at radius 1 is 1.10 bits per heavy atom. The van der Waals surface area contributed by atoms with E-state index in [1.54, 1.807) is 23.9 Å². The number of urea groups is 1. The first-order valence-corrected chi connectivity index (χ1v) is 9.84. The van der Waals surface area contributed by atoms with E-state index >= 15 is 0 Å². The molecule has 29 heavy (non-hydrogen) atoms. The van der Waals surface area contributed by atoms with Gasteiger partial charge >= 0.3 is 6.03 Å². The number of nitrogens with zero attached hydrogens (tertiary/aromatic N) is 3. The lowest BCUT2D eigenvalue weighted by Gasteiger charge is -2.25. The summed E-state index contributed by atoms with van der Waals surface area (Å²) in [5.74, 6) is 0.221. The lowest BCUT2D eigenvalue weighted by Crippen LogP contribution is -2.48. The minimum absolute atomic E-state index is 0.0848. The van der Waals surface area contributed by atoms with Crippen LogP contribution in [0.15, 0.2) is 30.3 Å². The number of hydrogen-bond donors (Lipinski definition) is 2. The number of halogens is 1. The van der Waals surface area contributed by atoms with Crippen LogP contribution in [-0.2, 0) is 10.2 Å². The number of nitrogens with one attached hydrogen (secondary N) is 2. The van der Waals surface area contributed by atoms with Gasteiger partial charge < -0.3 is 15.5 Å². The average molecular weight is 420 g/mol. The lowest BCUT2D eigenvalue weighted by atomic mass is 9.92. The third kappa shape index (κ3) is 6.49. The van der Waals surface area contributed by atoms with E-state index in [0.29, 0.717) is 10.8 Å². The number of hydrogen-bond acceptors (Lipinski definition) is 3. The Hall–Kier alpha value is -2.54. The van der Waals surface area contributed by atoms with Crippen molar-refractivity contribution in [2.45, 2.75) is 52.5 Å². The summed E-state index contributed by atoms with van der Waals surface area (Å²) in [6, 6.07) is 8.74. The number of amides is 3. The molecule has 0 saturated heterocycles. The summed E-state index contributed by atoms with van der Waals surface area (Å²) in [5.41, 5.74) is 1.04. The number of carbonyl (C=O) groups excluding carboxylic acids is 2. The molecule has 0 aliphatic carbocycles. The molecule has 1 heterocycles. The number of benzene rings is 1. The lowest BCUT2D eigenvalue weighted by molar-refractivity contribution is -0.116. The fourth-order valence-corrected chi connectivity index (χ4v) is 2.63. The van der Waals surface area contributed by atoms with Crippen LogP contribution in [0.4, 0.5) is 10.6 Å². The third-order valence-corrected chi connectivity index (χ3v) is 4.28. The fourth-order valence-electron chi connectivity index (χ4n) is 2.50.